The summed E-state index contributed by atoms with van der Waals surface area (Å²) in [6.07, 6.45) is 2.52. The summed E-state index contributed by atoms with van der Waals surface area (Å²) in [6.45, 7) is 4.06. The number of ether oxygens (including phenoxy) is 1. The van der Waals surface area contributed by atoms with Gasteiger partial charge in [-0.05, 0) is 42.7 Å². The van der Waals surface area contributed by atoms with Crippen molar-refractivity contribution in [2.75, 3.05) is 0 Å². The van der Waals surface area contributed by atoms with E-state index in [4.69, 9.17) is 4.74 Å². The molecule has 2 heteroatoms. The number of rotatable bonds is 4. The van der Waals surface area contributed by atoms with Gasteiger partial charge in [-0.25, -0.2) is 0 Å². The van der Waals surface area contributed by atoms with Gasteiger partial charge in [-0.15, -0.1) is 0 Å². The molecule has 1 aliphatic heterocycles. The van der Waals surface area contributed by atoms with Crippen LogP contribution >= 0.6 is 0 Å². The van der Waals surface area contributed by atoms with E-state index in [1.807, 2.05) is 18.2 Å². The van der Waals surface area contributed by atoms with Crippen LogP contribution in [0.2, 0.25) is 0 Å². The number of benzene rings is 2. The molecular formula is C20H21NO. The fraction of sp³-hybridized carbons (Fsp3) is 0.300. The van der Waals surface area contributed by atoms with E-state index in [0.717, 1.165) is 18.2 Å². The third-order valence-corrected chi connectivity index (χ3v) is 4.77. The number of hydrogen-bond acceptors (Lipinski definition) is 1. The minimum Gasteiger partial charge on any atom is -0.489 e. The molecule has 1 atom stereocenters. The smallest absolute Gasteiger partial charge is 0.120 e. The Hall–Kier alpha value is -2.22. The number of aromatic nitrogens is 1. The normalized spacial score (nSPS) is 16.9. The molecule has 0 radical (unpaired) electrons. The zero-order valence-electron chi connectivity index (χ0n) is 13.0. The van der Waals surface area contributed by atoms with Crippen molar-refractivity contribution in [1.82, 2.24) is 4.57 Å². The summed E-state index contributed by atoms with van der Waals surface area (Å²) < 4.78 is 8.42. The summed E-state index contributed by atoms with van der Waals surface area (Å²) >= 11 is 0. The minimum absolute atomic E-state index is 0.623. The molecular weight excluding hydrogens is 270 g/mol. The van der Waals surface area contributed by atoms with Gasteiger partial charge in [-0.3, -0.25) is 0 Å². The van der Waals surface area contributed by atoms with E-state index in [0.29, 0.717) is 6.61 Å². The Morgan fingerprint density at radius 1 is 1.09 bits per heavy atom. The number of nitrogens with zero attached hydrogens (tertiary/aromatic N) is 1. The first-order chi connectivity index (χ1) is 10.8. The monoisotopic (exact) mass is 291 g/mol. The Kier molecular flexibility index (Phi) is 3.38. The minimum atomic E-state index is 0.623. The second-order valence-electron chi connectivity index (χ2n) is 6.11. The van der Waals surface area contributed by atoms with E-state index in [2.05, 4.69) is 47.9 Å². The van der Waals surface area contributed by atoms with Crippen LogP contribution in [0.3, 0.4) is 0 Å². The fourth-order valence-electron chi connectivity index (χ4n) is 3.53. The van der Waals surface area contributed by atoms with Crippen LogP contribution in [0.15, 0.2) is 54.6 Å². The van der Waals surface area contributed by atoms with Crippen molar-refractivity contribution in [3.05, 3.63) is 65.9 Å². The average molecular weight is 291 g/mol. The van der Waals surface area contributed by atoms with Gasteiger partial charge in [0.2, 0.25) is 0 Å². The first-order valence-electron chi connectivity index (χ1n) is 8.15. The van der Waals surface area contributed by atoms with E-state index in [-0.39, 0.29) is 0 Å². The zero-order chi connectivity index (χ0) is 14.9. The van der Waals surface area contributed by atoms with E-state index in [1.165, 1.54) is 35.0 Å². The van der Waals surface area contributed by atoms with Crippen molar-refractivity contribution in [3.8, 4) is 5.75 Å². The molecule has 0 bridgehead atoms. The van der Waals surface area contributed by atoms with Crippen LogP contribution in [-0.2, 0) is 13.2 Å². The number of aryl methyl sites for hydroxylation is 1. The Balaban J connectivity index is 1.59. The van der Waals surface area contributed by atoms with Crippen LogP contribution in [-0.4, -0.2) is 4.57 Å². The Morgan fingerprint density at radius 3 is 2.77 bits per heavy atom. The van der Waals surface area contributed by atoms with E-state index in [1.54, 1.807) is 0 Å². The van der Waals surface area contributed by atoms with Gasteiger partial charge in [0, 0.05) is 29.1 Å². The molecule has 1 unspecified atom stereocenters. The van der Waals surface area contributed by atoms with Crippen LogP contribution in [0.1, 0.15) is 36.9 Å². The summed E-state index contributed by atoms with van der Waals surface area (Å²) in [5.41, 5.74) is 4.05. The van der Waals surface area contributed by atoms with Crippen LogP contribution in [0, 0.1) is 0 Å². The van der Waals surface area contributed by atoms with Crippen molar-refractivity contribution < 1.29 is 4.74 Å². The van der Waals surface area contributed by atoms with Gasteiger partial charge in [0.05, 0.1) is 0 Å². The third-order valence-electron chi connectivity index (χ3n) is 4.77. The second kappa shape index (κ2) is 5.53. The third kappa shape index (κ3) is 2.29. The zero-order valence-corrected chi connectivity index (χ0v) is 13.0. The molecule has 0 aliphatic carbocycles. The van der Waals surface area contributed by atoms with Gasteiger partial charge < -0.3 is 9.30 Å². The maximum Gasteiger partial charge on any atom is 0.120 e. The lowest BCUT2D eigenvalue weighted by atomic mass is 10.0. The largest absolute Gasteiger partial charge is 0.489 e. The Bertz CT molecular complexity index is 788. The van der Waals surface area contributed by atoms with Gasteiger partial charge in [0.1, 0.15) is 12.4 Å². The Morgan fingerprint density at radius 2 is 1.95 bits per heavy atom. The quantitative estimate of drug-likeness (QED) is 0.651. The Labute approximate surface area is 131 Å². The molecule has 112 valence electrons. The summed E-state index contributed by atoms with van der Waals surface area (Å²) in [4.78, 5) is 0. The maximum absolute atomic E-state index is 5.94. The molecule has 1 aromatic heterocycles. The molecule has 22 heavy (non-hydrogen) atoms. The first kappa shape index (κ1) is 13.4. The molecule has 0 N–H and O–H groups in total. The molecule has 2 nitrogen and oxygen atoms in total. The molecule has 0 spiro atoms. The molecule has 3 aromatic rings. The lowest BCUT2D eigenvalue weighted by Gasteiger charge is -2.07. The van der Waals surface area contributed by atoms with Crippen LogP contribution in [0.25, 0.3) is 10.9 Å². The lowest BCUT2D eigenvalue weighted by Crippen LogP contribution is -1.95. The van der Waals surface area contributed by atoms with Crippen LogP contribution in [0.5, 0.6) is 5.75 Å². The summed E-state index contributed by atoms with van der Waals surface area (Å²) in [5.74, 6) is 1.68. The standard InChI is InChI=1S/C20H21NO/c1-2-16-10-11-21-19-9-8-18(12-17(19)13-20(16)21)22-14-15-6-4-3-5-7-15/h3-9,12-13,16H,2,10-11,14H2,1H3. The molecule has 2 aromatic carbocycles. The predicted molar refractivity (Wildman–Crippen MR) is 90.4 cm³/mol. The van der Waals surface area contributed by atoms with Crippen molar-refractivity contribution >= 4 is 10.9 Å². The molecule has 4 rings (SSSR count). The summed E-state index contributed by atoms with van der Waals surface area (Å²) in [6, 6.07) is 19.1. The van der Waals surface area contributed by atoms with Gasteiger partial charge in [-0.2, -0.15) is 0 Å². The van der Waals surface area contributed by atoms with Crippen molar-refractivity contribution in [1.29, 1.82) is 0 Å². The average Bonchev–Trinajstić information content (AvgIpc) is 3.12. The molecule has 1 aliphatic rings. The van der Waals surface area contributed by atoms with Gasteiger partial charge in [0.25, 0.3) is 0 Å². The number of hydrogen-bond donors (Lipinski definition) is 0. The van der Waals surface area contributed by atoms with Gasteiger partial charge in [0.15, 0.2) is 0 Å². The SMILES string of the molecule is CCC1CCn2c1cc1cc(OCc3ccccc3)ccc12. The maximum atomic E-state index is 5.94. The van der Waals surface area contributed by atoms with Crippen LogP contribution in [0.4, 0.5) is 0 Å². The highest BCUT2D eigenvalue weighted by Gasteiger charge is 2.23. The lowest BCUT2D eigenvalue weighted by molar-refractivity contribution is 0.306. The van der Waals surface area contributed by atoms with Gasteiger partial charge in [-0.1, -0.05) is 37.3 Å². The first-order valence-corrected chi connectivity index (χ1v) is 8.15. The predicted octanol–water partition coefficient (Wildman–Crippen LogP) is 5.12. The molecule has 0 saturated carbocycles. The highest BCUT2D eigenvalue weighted by atomic mass is 16.5. The van der Waals surface area contributed by atoms with E-state index in [9.17, 15) is 0 Å². The van der Waals surface area contributed by atoms with Crippen LogP contribution < -0.4 is 4.74 Å². The van der Waals surface area contributed by atoms with Gasteiger partial charge >= 0.3 is 0 Å². The molecule has 0 fully saturated rings. The highest BCUT2D eigenvalue weighted by Crippen LogP contribution is 2.37. The fourth-order valence-corrected chi connectivity index (χ4v) is 3.53. The molecule has 0 saturated heterocycles. The summed E-state index contributed by atoms with van der Waals surface area (Å²) in [5, 5.41) is 1.30. The molecule has 0 amide bonds. The van der Waals surface area contributed by atoms with E-state index < -0.39 is 0 Å². The van der Waals surface area contributed by atoms with Crippen molar-refractivity contribution in [3.63, 3.8) is 0 Å². The highest BCUT2D eigenvalue weighted by molar-refractivity contribution is 5.83. The summed E-state index contributed by atoms with van der Waals surface area (Å²) in [7, 11) is 0. The van der Waals surface area contributed by atoms with E-state index >= 15 is 0 Å². The van der Waals surface area contributed by atoms with Crippen molar-refractivity contribution in [2.24, 2.45) is 0 Å². The second-order valence-corrected chi connectivity index (χ2v) is 6.11. The number of fused-ring (bicyclic) bond motifs is 3. The molecule has 2 heterocycles. The van der Waals surface area contributed by atoms with Crippen molar-refractivity contribution in [2.45, 2.75) is 38.8 Å². The topological polar surface area (TPSA) is 14.2 Å².